The van der Waals surface area contributed by atoms with Crippen LogP contribution in [0.3, 0.4) is 0 Å². The molecule has 0 aliphatic carbocycles. The van der Waals surface area contributed by atoms with Crippen molar-refractivity contribution in [3.8, 4) is 10.8 Å². The summed E-state index contributed by atoms with van der Waals surface area (Å²) in [4.78, 5) is 9.16. The summed E-state index contributed by atoms with van der Waals surface area (Å²) < 4.78 is 32.1. The summed E-state index contributed by atoms with van der Waals surface area (Å²) in [5.74, 6) is 0.332. The Morgan fingerprint density at radius 2 is 1.93 bits per heavy atom. The Kier molecular flexibility index (Phi) is 5.17. The van der Waals surface area contributed by atoms with E-state index in [4.69, 9.17) is 16.0 Å². The molecule has 0 spiro atoms. The minimum atomic E-state index is -3.90. The SMILES string of the molecule is O=S(=O)(c1ccc(Cl)cc1)c1nc(-c2cccs2)oc1NCc1cccnc1. The molecule has 4 aromatic rings. The summed E-state index contributed by atoms with van der Waals surface area (Å²) in [5.41, 5.74) is 0.881. The first-order chi connectivity index (χ1) is 13.5. The van der Waals surface area contributed by atoms with E-state index in [2.05, 4.69) is 15.3 Å². The average Bonchev–Trinajstić information content (AvgIpc) is 3.37. The zero-order valence-corrected chi connectivity index (χ0v) is 16.8. The molecular weight excluding hydrogens is 418 g/mol. The highest BCUT2D eigenvalue weighted by Crippen LogP contribution is 2.34. The minimum Gasteiger partial charge on any atom is -0.418 e. The van der Waals surface area contributed by atoms with Crippen molar-refractivity contribution in [2.45, 2.75) is 16.5 Å². The van der Waals surface area contributed by atoms with E-state index < -0.39 is 9.84 Å². The number of pyridine rings is 1. The van der Waals surface area contributed by atoms with Gasteiger partial charge in [0.1, 0.15) is 0 Å². The molecule has 9 heteroatoms. The van der Waals surface area contributed by atoms with E-state index in [1.165, 1.54) is 35.6 Å². The van der Waals surface area contributed by atoms with E-state index in [-0.39, 0.29) is 21.7 Å². The van der Waals surface area contributed by atoms with E-state index >= 15 is 0 Å². The number of hydrogen-bond acceptors (Lipinski definition) is 7. The van der Waals surface area contributed by atoms with Crippen molar-refractivity contribution in [2.75, 3.05) is 5.32 Å². The lowest BCUT2D eigenvalue weighted by Crippen LogP contribution is -2.07. The van der Waals surface area contributed by atoms with Gasteiger partial charge >= 0.3 is 0 Å². The van der Waals surface area contributed by atoms with Gasteiger partial charge in [-0.05, 0) is 47.3 Å². The monoisotopic (exact) mass is 431 g/mol. The number of hydrogen-bond donors (Lipinski definition) is 1. The van der Waals surface area contributed by atoms with Crippen LogP contribution in [0.15, 0.2) is 80.6 Å². The van der Waals surface area contributed by atoms with Crippen molar-refractivity contribution >= 4 is 38.7 Å². The van der Waals surface area contributed by atoms with Crippen LogP contribution in [0.4, 0.5) is 5.88 Å². The van der Waals surface area contributed by atoms with Crippen LogP contribution in [-0.2, 0) is 16.4 Å². The maximum atomic E-state index is 13.1. The van der Waals surface area contributed by atoms with Gasteiger partial charge in [0.2, 0.25) is 26.6 Å². The van der Waals surface area contributed by atoms with Gasteiger partial charge in [-0.15, -0.1) is 11.3 Å². The number of sulfone groups is 1. The molecular formula is C19H14ClN3O3S2. The summed E-state index contributed by atoms with van der Waals surface area (Å²) in [5, 5.41) is 5.19. The molecule has 0 radical (unpaired) electrons. The summed E-state index contributed by atoms with van der Waals surface area (Å²) in [6.45, 7) is 0.343. The van der Waals surface area contributed by atoms with Gasteiger partial charge in [0.25, 0.3) is 0 Å². The smallest absolute Gasteiger partial charge is 0.240 e. The molecule has 1 N–H and O–H groups in total. The average molecular weight is 432 g/mol. The van der Waals surface area contributed by atoms with Gasteiger partial charge in [0.15, 0.2) is 0 Å². The fourth-order valence-electron chi connectivity index (χ4n) is 2.52. The van der Waals surface area contributed by atoms with Crippen molar-refractivity contribution in [2.24, 2.45) is 0 Å². The number of nitrogens with one attached hydrogen (secondary N) is 1. The summed E-state index contributed by atoms with van der Waals surface area (Å²) in [6, 6.07) is 13.3. The molecule has 0 aliphatic rings. The van der Waals surface area contributed by atoms with Crippen molar-refractivity contribution in [3.05, 3.63) is 76.9 Å². The topological polar surface area (TPSA) is 85.1 Å². The Bertz CT molecular complexity index is 1170. The molecule has 0 unspecified atom stereocenters. The highest BCUT2D eigenvalue weighted by Gasteiger charge is 2.28. The molecule has 1 aromatic carbocycles. The number of anilines is 1. The number of nitrogens with zero attached hydrogens (tertiary/aromatic N) is 2. The highest BCUT2D eigenvalue weighted by molar-refractivity contribution is 7.91. The number of aromatic nitrogens is 2. The minimum absolute atomic E-state index is 0.0854. The number of thiophene rings is 1. The summed E-state index contributed by atoms with van der Waals surface area (Å²) in [6.07, 6.45) is 3.36. The van der Waals surface area contributed by atoms with Gasteiger partial charge in [-0.25, -0.2) is 8.42 Å². The zero-order chi connectivity index (χ0) is 19.6. The molecule has 142 valence electrons. The molecule has 0 bridgehead atoms. The number of halogens is 1. The predicted octanol–water partition coefficient (Wildman–Crippen LogP) is 4.90. The van der Waals surface area contributed by atoms with Crippen LogP contribution in [0, 0.1) is 0 Å². The van der Waals surface area contributed by atoms with E-state index in [9.17, 15) is 8.42 Å². The Balaban J connectivity index is 1.74. The van der Waals surface area contributed by atoms with Crippen molar-refractivity contribution < 1.29 is 12.8 Å². The van der Waals surface area contributed by atoms with Crippen molar-refractivity contribution in [3.63, 3.8) is 0 Å². The maximum absolute atomic E-state index is 13.1. The standard InChI is InChI=1S/C19H14ClN3O3S2/c20-14-5-7-15(8-6-14)28(24,25)19-18(22-12-13-3-1-9-21-11-13)26-17(23-19)16-4-2-10-27-16/h1-11,22H,12H2. The highest BCUT2D eigenvalue weighted by atomic mass is 35.5. The second kappa shape index (κ2) is 7.75. The summed E-state index contributed by atoms with van der Waals surface area (Å²) in [7, 11) is -3.90. The Morgan fingerprint density at radius 3 is 2.61 bits per heavy atom. The van der Waals surface area contributed by atoms with E-state index in [1.807, 2.05) is 23.6 Å². The van der Waals surface area contributed by atoms with Crippen LogP contribution in [0.25, 0.3) is 10.8 Å². The van der Waals surface area contributed by atoms with Gasteiger partial charge in [0.05, 0.1) is 9.77 Å². The Hall–Kier alpha value is -2.68. The van der Waals surface area contributed by atoms with E-state index in [0.29, 0.717) is 11.6 Å². The third kappa shape index (κ3) is 3.80. The van der Waals surface area contributed by atoms with Crippen LogP contribution in [0.5, 0.6) is 0 Å². The van der Waals surface area contributed by atoms with Crippen molar-refractivity contribution in [1.82, 2.24) is 9.97 Å². The number of benzene rings is 1. The number of oxazole rings is 1. The van der Waals surface area contributed by atoms with Gasteiger partial charge in [-0.2, -0.15) is 4.98 Å². The van der Waals surface area contributed by atoms with Crippen LogP contribution < -0.4 is 5.32 Å². The molecule has 6 nitrogen and oxygen atoms in total. The Morgan fingerprint density at radius 1 is 1.11 bits per heavy atom. The second-order valence-electron chi connectivity index (χ2n) is 5.80. The molecule has 0 saturated heterocycles. The molecule has 3 aromatic heterocycles. The van der Waals surface area contributed by atoms with Gasteiger partial charge < -0.3 is 9.73 Å². The van der Waals surface area contributed by atoms with Crippen LogP contribution >= 0.6 is 22.9 Å². The van der Waals surface area contributed by atoms with Crippen LogP contribution in [0.2, 0.25) is 5.02 Å². The fourth-order valence-corrected chi connectivity index (χ4v) is 4.57. The Labute approximate surface area is 170 Å². The van der Waals surface area contributed by atoms with Gasteiger partial charge in [-0.1, -0.05) is 23.7 Å². The largest absolute Gasteiger partial charge is 0.418 e. The molecule has 0 saturated carbocycles. The normalized spacial score (nSPS) is 11.5. The lowest BCUT2D eigenvalue weighted by Gasteiger charge is -2.06. The molecule has 0 aliphatic heterocycles. The third-order valence-corrected chi connectivity index (χ3v) is 6.67. The van der Waals surface area contributed by atoms with Crippen LogP contribution in [-0.4, -0.2) is 18.4 Å². The number of rotatable bonds is 6. The first-order valence-electron chi connectivity index (χ1n) is 8.22. The second-order valence-corrected chi connectivity index (χ2v) is 9.05. The third-order valence-electron chi connectivity index (χ3n) is 3.88. The predicted molar refractivity (Wildman–Crippen MR) is 108 cm³/mol. The first-order valence-corrected chi connectivity index (χ1v) is 11.0. The zero-order valence-electron chi connectivity index (χ0n) is 14.4. The maximum Gasteiger partial charge on any atom is 0.240 e. The van der Waals surface area contributed by atoms with E-state index in [1.54, 1.807) is 18.5 Å². The van der Waals surface area contributed by atoms with Gasteiger partial charge in [0, 0.05) is 24.0 Å². The van der Waals surface area contributed by atoms with E-state index in [0.717, 1.165) is 10.4 Å². The molecule has 28 heavy (non-hydrogen) atoms. The molecule has 4 rings (SSSR count). The van der Waals surface area contributed by atoms with Crippen LogP contribution in [0.1, 0.15) is 5.56 Å². The molecule has 3 heterocycles. The first kappa shape index (κ1) is 18.7. The summed E-state index contributed by atoms with van der Waals surface area (Å²) >= 11 is 7.30. The molecule has 0 atom stereocenters. The molecule has 0 fully saturated rings. The quantitative estimate of drug-likeness (QED) is 0.467. The lowest BCUT2D eigenvalue weighted by molar-refractivity contribution is 0.577. The van der Waals surface area contributed by atoms with Gasteiger partial charge in [-0.3, -0.25) is 4.98 Å². The fraction of sp³-hybridized carbons (Fsp3) is 0.0526. The van der Waals surface area contributed by atoms with Crippen molar-refractivity contribution in [1.29, 1.82) is 0 Å². The lowest BCUT2D eigenvalue weighted by atomic mass is 10.3. The molecule has 0 amide bonds.